The lowest BCUT2D eigenvalue weighted by Crippen LogP contribution is -2.43. The standard InChI is InChI=1S/C33H37ClF6N8O3/c1-46(2)30(49)27(42)26(34)23-14-47(7-4-6-43-23)29-20-15-50-24(19-9-18(41)10-21(35)25(19)33(38,39)40)11-22(20)44-31(45-29)51-16-32-5-3-8-48(32)13-17(12-32)28(36)37/h9-10,24H,3-8,11-16,41-42H2,1-2H3/b27-26+/t24-,32-/m0/s1. The summed E-state index contributed by atoms with van der Waals surface area (Å²) in [4.78, 5) is 31.5. The van der Waals surface area contributed by atoms with Crippen LogP contribution >= 0.6 is 11.6 Å². The third-order valence-corrected chi connectivity index (χ3v) is 10.1. The number of alkyl halides is 3. The molecule has 276 valence electrons. The number of rotatable bonds is 7. The van der Waals surface area contributed by atoms with Gasteiger partial charge in [-0.1, -0.05) is 11.6 Å². The molecular weight excluding hydrogens is 706 g/mol. The number of nitrogen functional groups attached to an aromatic ring is 1. The third kappa shape index (κ3) is 7.33. The molecule has 11 nitrogen and oxygen atoms in total. The molecule has 4 N–H and O–H groups in total. The van der Waals surface area contributed by atoms with Crippen LogP contribution < -0.4 is 21.1 Å². The number of nitrogens with two attached hydrogens (primary N) is 2. The predicted molar refractivity (Wildman–Crippen MR) is 177 cm³/mol. The fourth-order valence-electron chi connectivity index (χ4n) is 7.22. The molecule has 0 aliphatic carbocycles. The van der Waals surface area contributed by atoms with E-state index in [0.29, 0.717) is 55.6 Å². The van der Waals surface area contributed by atoms with Crippen molar-refractivity contribution in [3.63, 3.8) is 0 Å². The van der Waals surface area contributed by atoms with E-state index in [4.69, 9.17) is 37.5 Å². The molecule has 2 saturated heterocycles. The summed E-state index contributed by atoms with van der Waals surface area (Å²) in [5, 5.41) is -0.0368. The zero-order chi connectivity index (χ0) is 36.8. The van der Waals surface area contributed by atoms with Crippen molar-refractivity contribution < 1.29 is 40.6 Å². The molecule has 0 saturated carbocycles. The second kappa shape index (κ2) is 14.1. The van der Waals surface area contributed by atoms with E-state index in [2.05, 4.69) is 9.98 Å². The molecule has 0 spiro atoms. The first-order valence-electron chi connectivity index (χ1n) is 16.3. The zero-order valence-corrected chi connectivity index (χ0v) is 28.7. The van der Waals surface area contributed by atoms with Gasteiger partial charge in [-0.3, -0.25) is 14.7 Å². The van der Waals surface area contributed by atoms with Crippen molar-refractivity contribution in [1.82, 2.24) is 19.8 Å². The van der Waals surface area contributed by atoms with Crippen molar-refractivity contribution in [2.75, 3.05) is 64.1 Å². The Hall–Kier alpha value is -4.09. The minimum Gasteiger partial charge on any atom is -0.461 e. The number of carbonyl (C=O) groups is 1. The Morgan fingerprint density at radius 1 is 1.18 bits per heavy atom. The molecule has 2 atom stereocenters. The highest BCUT2D eigenvalue weighted by atomic mass is 35.5. The van der Waals surface area contributed by atoms with E-state index in [0.717, 1.165) is 12.5 Å². The molecule has 2 aromatic rings. The van der Waals surface area contributed by atoms with E-state index in [9.17, 15) is 31.1 Å². The topological polar surface area (TPSA) is 135 Å². The van der Waals surface area contributed by atoms with Crippen molar-refractivity contribution in [3.05, 3.63) is 62.7 Å². The second-order valence-electron chi connectivity index (χ2n) is 13.3. The van der Waals surface area contributed by atoms with Gasteiger partial charge in [-0.25, -0.2) is 4.39 Å². The zero-order valence-electron chi connectivity index (χ0n) is 27.9. The number of likely N-dealkylation sites (N-methyl/N-ethyl adjacent to an activating group) is 1. The minimum atomic E-state index is -5.04. The molecule has 1 amide bonds. The number of carbonyl (C=O) groups excluding carboxylic acids is 1. The maximum atomic E-state index is 14.7. The van der Waals surface area contributed by atoms with Crippen LogP contribution in [0.5, 0.6) is 6.01 Å². The largest absolute Gasteiger partial charge is 0.461 e. The Morgan fingerprint density at radius 2 is 1.94 bits per heavy atom. The van der Waals surface area contributed by atoms with Crippen molar-refractivity contribution in [2.24, 2.45) is 10.7 Å². The van der Waals surface area contributed by atoms with Gasteiger partial charge in [-0.05, 0) is 49.9 Å². The average Bonchev–Trinajstić information content (AvgIpc) is 3.52. The molecule has 0 bridgehead atoms. The number of nitrogens with zero attached hydrogens (tertiary/aromatic N) is 6. The van der Waals surface area contributed by atoms with Crippen LogP contribution in [0.3, 0.4) is 0 Å². The summed E-state index contributed by atoms with van der Waals surface area (Å²) in [5.41, 5.74) is 9.89. The molecule has 4 aliphatic heterocycles. The third-order valence-electron chi connectivity index (χ3n) is 9.69. The van der Waals surface area contributed by atoms with Crippen LogP contribution in [-0.2, 0) is 28.7 Å². The summed E-state index contributed by atoms with van der Waals surface area (Å²) in [7, 11) is 3.05. The summed E-state index contributed by atoms with van der Waals surface area (Å²) in [6, 6.07) is 1.52. The number of fused-ring (bicyclic) bond motifs is 2. The van der Waals surface area contributed by atoms with E-state index in [-0.39, 0.29) is 72.8 Å². The number of hydrogen-bond donors (Lipinski definition) is 2. The molecule has 0 unspecified atom stereocenters. The molecule has 18 heteroatoms. The number of aliphatic imine (C=N–C) groups is 1. The molecule has 0 radical (unpaired) electrons. The highest BCUT2D eigenvalue weighted by Gasteiger charge is 2.48. The number of amides is 1. The monoisotopic (exact) mass is 742 g/mol. The number of halogens is 7. The van der Waals surface area contributed by atoms with E-state index >= 15 is 0 Å². The van der Waals surface area contributed by atoms with Crippen LogP contribution in [0, 0.1) is 5.82 Å². The van der Waals surface area contributed by atoms with Crippen molar-refractivity contribution in [3.8, 4) is 6.01 Å². The van der Waals surface area contributed by atoms with Gasteiger partial charge in [0.2, 0.25) is 0 Å². The van der Waals surface area contributed by atoms with E-state index in [1.807, 2.05) is 9.80 Å². The predicted octanol–water partition coefficient (Wildman–Crippen LogP) is 4.95. The fraction of sp³-hybridized carbons (Fsp3) is 0.515. The quantitative estimate of drug-likeness (QED) is 0.230. The SMILES string of the molecule is CN(C)C(=O)/C(N)=C(\Cl)C1=NCCCN(c2nc(OC[C@@]34CCCN3CC(=C(F)F)C4)nc3c2CO[C@H](c2cc(N)cc(F)c2C(F)(F)F)C3)C1. The molecule has 4 aliphatic rings. The van der Waals surface area contributed by atoms with Crippen LogP contribution in [0.2, 0.25) is 0 Å². The summed E-state index contributed by atoms with van der Waals surface area (Å²) in [5.74, 6) is -1.72. The first-order chi connectivity index (χ1) is 24.1. The van der Waals surface area contributed by atoms with Gasteiger partial charge in [0.25, 0.3) is 12.0 Å². The molecule has 6 rings (SSSR count). The molecule has 5 heterocycles. The molecule has 1 aromatic carbocycles. The van der Waals surface area contributed by atoms with Crippen molar-refractivity contribution in [1.29, 1.82) is 0 Å². The Labute approximate surface area is 294 Å². The number of hydrogen-bond acceptors (Lipinski definition) is 10. The molecule has 2 fully saturated rings. The van der Waals surface area contributed by atoms with E-state index < -0.39 is 46.8 Å². The Morgan fingerprint density at radius 3 is 2.65 bits per heavy atom. The van der Waals surface area contributed by atoms with Gasteiger partial charge in [0.1, 0.15) is 23.9 Å². The van der Waals surface area contributed by atoms with E-state index in [1.165, 1.54) is 19.0 Å². The van der Waals surface area contributed by atoms with Gasteiger partial charge in [-0.2, -0.15) is 31.9 Å². The van der Waals surface area contributed by atoms with Crippen molar-refractivity contribution >= 4 is 34.7 Å². The summed E-state index contributed by atoms with van der Waals surface area (Å²) in [6.07, 6.45) is -6.18. The van der Waals surface area contributed by atoms with Gasteiger partial charge in [0.15, 0.2) is 0 Å². The van der Waals surface area contributed by atoms with Crippen LogP contribution in [0.1, 0.15) is 54.2 Å². The summed E-state index contributed by atoms with van der Waals surface area (Å²) < 4.78 is 96.4. The lowest BCUT2D eigenvalue weighted by molar-refractivity contribution is -0.142. The van der Waals surface area contributed by atoms with Crippen LogP contribution in [-0.4, -0.2) is 90.4 Å². The van der Waals surface area contributed by atoms with Gasteiger partial charge in [0, 0.05) is 57.0 Å². The maximum absolute atomic E-state index is 14.7. The first-order valence-corrected chi connectivity index (χ1v) is 16.7. The van der Waals surface area contributed by atoms with Gasteiger partial charge in [-0.15, -0.1) is 0 Å². The van der Waals surface area contributed by atoms with Gasteiger partial charge >= 0.3 is 12.2 Å². The van der Waals surface area contributed by atoms with Crippen LogP contribution in [0.15, 0.2) is 39.5 Å². The number of ether oxygens (including phenoxy) is 2. The Bertz CT molecular complexity index is 1820. The van der Waals surface area contributed by atoms with Gasteiger partial charge in [0.05, 0.1) is 46.8 Å². The highest BCUT2D eigenvalue weighted by Crippen LogP contribution is 2.45. The summed E-state index contributed by atoms with van der Waals surface area (Å²) >= 11 is 6.59. The van der Waals surface area contributed by atoms with Crippen LogP contribution in [0.25, 0.3) is 0 Å². The Kier molecular flexibility index (Phi) is 10.2. The highest BCUT2D eigenvalue weighted by molar-refractivity contribution is 6.45. The smallest absolute Gasteiger partial charge is 0.419 e. The second-order valence-corrected chi connectivity index (χ2v) is 13.7. The molecule has 1 aromatic heterocycles. The first kappa shape index (κ1) is 36.7. The maximum Gasteiger partial charge on any atom is 0.419 e. The fourth-order valence-corrected chi connectivity index (χ4v) is 7.42. The van der Waals surface area contributed by atoms with Crippen LogP contribution in [0.4, 0.5) is 37.8 Å². The lowest BCUT2D eigenvalue weighted by Gasteiger charge is -2.33. The molecular formula is C33H37ClF6N8O3. The van der Waals surface area contributed by atoms with Gasteiger partial charge < -0.3 is 30.7 Å². The number of anilines is 2. The molecule has 51 heavy (non-hydrogen) atoms. The summed E-state index contributed by atoms with van der Waals surface area (Å²) in [6.45, 7) is 1.28. The van der Waals surface area contributed by atoms with Crippen molar-refractivity contribution in [2.45, 2.75) is 56.5 Å². The van der Waals surface area contributed by atoms with E-state index in [1.54, 1.807) is 0 Å². The average molecular weight is 743 g/mol. The normalized spacial score (nSPS) is 22.9. The number of aromatic nitrogens is 2. The minimum absolute atomic E-state index is 0.00889. The lowest BCUT2D eigenvalue weighted by atomic mass is 9.93. The Balaban J connectivity index is 1.39. The number of benzene rings is 1.